The molecule has 0 saturated heterocycles. The van der Waals surface area contributed by atoms with Crippen LogP contribution in [-0.4, -0.2) is 30.4 Å². The van der Waals surface area contributed by atoms with Gasteiger partial charge in [0.15, 0.2) is 0 Å². The summed E-state index contributed by atoms with van der Waals surface area (Å²) in [6.45, 7) is 8.00. The molecule has 0 spiro atoms. The van der Waals surface area contributed by atoms with Gasteiger partial charge in [-0.3, -0.25) is 9.69 Å². The van der Waals surface area contributed by atoms with Crippen molar-refractivity contribution < 1.29 is 4.79 Å². The van der Waals surface area contributed by atoms with Gasteiger partial charge >= 0.3 is 0 Å². The topological polar surface area (TPSA) is 32.3 Å². The summed E-state index contributed by atoms with van der Waals surface area (Å²) in [5, 5.41) is 3.02. The molecule has 144 valence electrons. The molecule has 1 N–H and O–H groups in total. The van der Waals surface area contributed by atoms with Gasteiger partial charge in [0.25, 0.3) is 0 Å². The maximum Gasteiger partial charge on any atom is 0.246 e. The van der Waals surface area contributed by atoms with E-state index in [1.807, 2.05) is 43.3 Å². The van der Waals surface area contributed by atoms with E-state index in [4.69, 9.17) is 0 Å². The Bertz CT molecular complexity index is 695. The minimum Gasteiger partial charge on any atom is -0.352 e. The molecular formula is C24H32N2O. The van der Waals surface area contributed by atoms with Crippen LogP contribution >= 0.6 is 0 Å². The summed E-state index contributed by atoms with van der Waals surface area (Å²) >= 11 is 0. The van der Waals surface area contributed by atoms with Gasteiger partial charge in [0.1, 0.15) is 0 Å². The largest absolute Gasteiger partial charge is 0.352 e. The molecule has 27 heavy (non-hydrogen) atoms. The molecule has 3 heteroatoms. The number of rotatable bonds is 11. The van der Waals surface area contributed by atoms with Gasteiger partial charge in [-0.1, -0.05) is 74.0 Å². The Balaban J connectivity index is 1.61. The first-order valence-electron chi connectivity index (χ1n) is 9.97. The van der Waals surface area contributed by atoms with E-state index in [0.29, 0.717) is 0 Å². The predicted molar refractivity (Wildman–Crippen MR) is 114 cm³/mol. The molecule has 1 amide bonds. The molecule has 0 heterocycles. The Morgan fingerprint density at radius 1 is 0.963 bits per heavy atom. The van der Waals surface area contributed by atoms with Crippen LogP contribution in [0.1, 0.15) is 44.2 Å². The zero-order chi connectivity index (χ0) is 19.3. The second kappa shape index (κ2) is 12.1. The van der Waals surface area contributed by atoms with Crippen LogP contribution in [-0.2, 0) is 11.3 Å². The monoisotopic (exact) mass is 364 g/mol. The van der Waals surface area contributed by atoms with Crippen molar-refractivity contribution >= 4 is 12.0 Å². The lowest BCUT2D eigenvalue weighted by Crippen LogP contribution is -2.26. The van der Waals surface area contributed by atoms with E-state index < -0.39 is 0 Å². The first-order valence-corrected chi connectivity index (χ1v) is 9.97. The fourth-order valence-electron chi connectivity index (χ4n) is 3.03. The molecule has 0 aliphatic heterocycles. The Hall–Kier alpha value is -2.39. The maximum absolute atomic E-state index is 12.2. The predicted octanol–water partition coefficient (Wildman–Crippen LogP) is 4.90. The summed E-state index contributed by atoms with van der Waals surface area (Å²) < 4.78 is 0. The molecular weight excluding hydrogens is 332 g/mol. The lowest BCUT2D eigenvalue weighted by Gasteiger charge is -2.20. The van der Waals surface area contributed by atoms with E-state index in [9.17, 15) is 4.79 Å². The van der Waals surface area contributed by atoms with Gasteiger partial charge in [-0.2, -0.15) is 0 Å². The molecule has 0 fully saturated rings. The van der Waals surface area contributed by atoms with Gasteiger partial charge in [-0.15, -0.1) is 0 Å². The first-order chi connectivity index (χ1) is 13.2. The molecule has 2 aromatic carbocycles. The third-order valence-corrected chi connectivity index (χ3v) is 4.67. The number of amides is 1. The minimum atomic E-state index is 0.0260. The lowest BCUT2D eigenvalue weighted by atomic mass is 10.1. The highest BCUT2D eigenvalue weighted by molar-refractivity contribution is 5.97. The fourth-order valence-corrected chi connectivity index (χ4v) is 3.03. The quantitative estimate of drug-likeness (QED) is 0.454. The van der Waals surface area contributed by atoms with Crippen molar-refractivity contribution in [2.75, 3.05) is 19.6 Å². The summed E-state index contributed by atoms with van der Waals surface area (Å²) in [7, 11) is 0. The van der Waals surface area contributed by atoms with Gasteiger partial charge < -0.3 is 5.32 Å². The summed E-state index contributed by atoms with van der Waals surface area (Å²) in [5.41, 5.74) is 3.18. The van der Waals surface area contributed by atoms with Crippen LogP contribution in [0.3, 0.4) is 0 Å². The molecule has 2 rings (SSSR count). The highest BCUT2D eigenvalue weighted by Crippen LogP contribution is 2.07. The van der Waals surface area contributed by atoms with Gasteiger partial charge in [0.2, 0.25) is 5.91 Å². The number of carbonyl (C=O) groups is 1. The molecule has 0 atom stereocenters. The highest BCUT2D eigenvalue weighted by Gasteiger charge is 2.05. The average Bonchev–Trinajstić information content (AvgIpc) is 2.71. The lowest BCUT2D eigenvalue weighted by molar-refractivity contribution is -0.117. The van der Waals surface area contributed by atoms with Crippen molar-refractivity contribution in [3.63, 3.8) is 0 Å². The van der Waals surface area contributed by atoms with Crippen molar-refractivity contribution in [1.29, 1.82) is 0 Å². The maximum atomic E-state index is 12.2. The molecule has 0 aliphatic carbocycles. The molecule has 0 aliphatic rings. The molecule has 0 radical (unpaired) electrons. The van der Waals surface area contributed by atoms with Gasteiger partial charge in [0.05, 0.1) is 0 Å². The molecule has 0 aromatic heterocycles. The van der Waals surface area contributed by atoms with Crippen molar-refractivity contribution in [2.45, 2.75) is 39.7 Å². The number of hydrogen-bond donors (Lipinski definition) is 1. The van der Waals surface area contributed by atoms with Crippen molar-refractivity contribution in [3.05, 3.63) is 77.4 Å². The van der Waals surface area contributed by atoms with Crippen LogP contribution in [0.25, 0.3) is 6.08 Å². The number of nitrogens with one attached hydrogen (secondary N) is 1. The van der Waals surface area contributed by atoms with Crippen molar-refractivity contribution in [2.24, 2.45) is 0 Å². The van der Waals surface area contributed by atoms with Gasteiger partial charge in [-0.05, 0) is 50.1 Å². The van der Waals surface area contributed by atoms with E-state index in [2.05, 4.69) is 47.5 Å². The number of unbranched alkanes of at least 4 members (excludes halogenated alkanes) is 2. The Morgan fingerprint density at radius 2 is 1.63 bits per heavy atom. The van der Waals surface area contributed by atoms with E-state index in [1.165, 1.54) is 5.56 Å². The van der Waals surface area contributed by atoms with E-state index in [0.717, 1.165) is 56.6 Å². The second-order valence-electron chi connectivity index (χ2n) is 6.91. The molecule has 0 unspecified atom stereocenters. The molecule has 3 nitrogen and oxygen atoms in total. The molecule has 2 aromatic rings. The van der Waals surface area contributed by atoms with Crippen molar-refractivity contribution in [1.82, 2.24) is 10.2 Å². The SMILES string of the molecule is CCN(CCCCCNC(=O)/C(C)=C/c1ccccc1)Cc1ccccc1. The van der Waals surface area contributed by atoms with E-state index in [-0.39, 0.29) is 5.91 Å². The van der Waals surface area contributed by atoms with Gasteiger partial charge in [0, 0.05) is 18.7 Å². The number of benzene rings is 2. The van der Waals surface area contributed by atoms with E-state index >= 15 is 0 Å². The summed E-state index contributed by atoms with van der Waals surface area (Å²) in [4.78, 5) is 14.6. The van der Waals surface area contributed by atoms with Crippen LogP contribution in [0.5, 0.6) is 0 Å². The van der Waals surface area contributed by atoms with Gasteiger partial charge in [-0.25, -0.2) is 0 Å². The Morgan fingerprint density at radius 3 is 2.30 bits per heavy atom. The van der Waals surface area contributed by atoms with Crippen LogP contribution < -0.4 is 5.32 Å². The Kier molecular flexibility index (Phi) is 9.36. The minimum absolute atomic E-state index is 0.0260. The normalized spacial score (nSPS) is 11.6. The summed E-state index contributed by atoms with van der Waals surface area (Å²) in [6, 6.07) is 20.6. The second-order valence-corrected chi connectivity index (χ2v) is 6.91. The first kappa shape index (κ1) is 20.9. The zero-order valence-corrected chi connectivity index (χ0v) is 16.7. The number of nitrogens with zero attached hydrogens (tertiary/aromatic N) is 1. The third kappa shape index (κ3) is 8.23. The smallest absolute Gasteiger partial charge is 0.246 e. The van der Waals surface area contributed by atoms with Crippen LogP contribution in [0.2, 0.25) is 0 Å². The standard InChI is InChI=1S/C24H32N2O/c1-3-26(20-23-15-9-5-10-16-23)18-12-6-11-17-25-24(27)21(2)19-22-13-7-4-8-14-22/h4-5,7-10,13-16,19H,3,6,11-12,17-18,20H2,1-2H3,(H,25,27)/b21-19+. The highest BCUT2D eigenvalue weighted by atomic mass is 16.1. The van der Waals surface area contributed by atoms with Crippen LogP contribution in [0.15, 0.2) is 66.2 Å². The van der Waals surface area contributed by atoms with Crippen molar-refractivity contribution in [3.8, 4) is 0 Å². The van der Waals surface area contributed by atoms with Crippen LogP contribution in [0.4, 0.5) is 0 Å². The molecule has 0 saturated carbocycles. The third-order valence-electron chi connectivity index (χ3n) is 4.67. The Labute approximate surface area is 164 Å². The average molecular weight is 365 g/mol. The number of hydrogen-bond acceptors (Lipinski definition) is 2. The molecule has 0 bridgehead atoms. The summed E-state index contributed by atoms with van der Waals surface area (Å²) in [6.07, 6.45) is 5.24. The number of carbonyl (C=O) groups excluding carboxylic acids is 1. The summed E-state index contributed by atoms with van der Waals surface area (Å²) in [5.74, 6) is 0.0260. The fraction of sp³-hybridized carbons (Fsp3) is 0.375. The van der Waals surface area contributed by atoms with Crippen LogP contribution in [0, 0.1) is 0 Å². The zero-order valence-electron chi connectivity index (χ0n) is 16.7. The van der Waals surface area contributed by atoms with E-state index in [1.54, 1.807) is 0 Å².